The average molecular weight is 287 g/mol. The lowest BCUT2D eigenvalue weighted by Gasteiger charge is -2.36. The molecular formula is C20H33N. The molecule has 1 nitrogen and oxygen atoms in total. The standard InChI is InChI=1S/C20H33N/c1-2-3-4-5-6-7-17-8-12-19(13-9-17)20-14-10-18(16-21)11-15-20/h6-7,17-20H,2-5,8-15H2,1H3/b7-6+. The molecule has 0 aromatic heterocycles. The lowest BCUT2D eigenvalue weighted by atomic mass is 9.69. The number of allylic oxidation sites excluding steroid dienone is 2. The zero-order valence-corrected chi connectivity index (χ0v) is 13.9. The first-order valence-electron chi connectivity index (χ1n) is 9.39. The predicted molar refractivity (Wildman–Crippen MR) is 89.8 cm³/mol. The molecule has 0 aromatic carbocycles. The van der Waals surface area contributed by atoms with Crippen LogP contribution in [-0.4, -0.2) is 0 Å². The van der Waals surface area contributed by atoms with Crippen molar-refractivity contribution in [3.05, 3.63) is 12.2 Å². The topological polar surface area (TPSA) is 23.8 Å². The third-order valence-electron chi connectivity index (χ3n) is 5.82. The summed E-state index contributed by atoms with van der Waals surface area (Å²) in [5.74, 6) is 3.13. The van der Waals surface area contributed by atoms with Crippen molar-refractivity contribution < 1.29 is 0 Å². The summed E-state index contributed by atoms with van der Waals surface area (Å²) < 4.78 is 0. The Morgan fingerprint density at radius 1 is 0.905 bits per heavy atom. The Morgan fingerprint density at radius 3 is 2.10 bits per heavy atom. The van der Waals surface area contributed by atoms with Crippen molar-refractivity contribution in [2.24, 2.45) is 23.7 Å². The van der Waals surface area contributed by atoms with Gasteiger partial charge in [-0.2, -0.15) is 5.26 Å². The summed E-state index contributed by atoms with van der Waals surface area (Å²) in [6, 6.07) is 2.46. The van der Waals surface area contributed by atoms with Gasteiger partial charge in [-0.1, -0.05) is 31.9 Å². The first-order valence-corrected chi connectivity index (χ1v) is 9.39. The van der Waals surface area contributed by atoms with Gasteiger partial charge < -0.3 is 0 Å². The van der Waals surface area contributed by atoms with Crippen molar-refractivity contribution >= 4 is 0 Å². The predicted octanol–water partition coefficient (Wildman–Crippen LogP) is 6.26. The second-order valence-corrected chi connectivity index (χ2v) is 7.34. The first kappa shape index (κ1) is 16.6. The van der Waals surface area contributed by atoms with Crippen LogP contribution in [0.5, 0.6) is 0 Å². The van der Waals surface area contributed by atoms with E-state index in [1.807, 2.05) is 0 Å². The smallest absolute Gasteiger partial charge is 0.0655 e. The highest BCUT2D eigenvalue weighted by Gasteiger charge is 2.30. The van der Waals surface area contributed by atoms with Gasteiger partial charge in [0.05, 0.1) is 6.07 Å². The van der Waals surface area contributed by atoms with Gasteiger partial charge in [0.15, 0.2) is 0 Å². The van der Waals surface area contributed by atoms with Crippen LogP contribution in [0.3, 0.4) is 0 Å². The fourth-order valence-corrected chi connectivity index (χ4v) is 4.33. The molecule has 0 amide bonds. The van der Waals surface area contributed by atoms with E-state index in [0.717, 1.165) is 17.8 Å². The van der Waals surface area contributed by atoms with Crippen LogP contribution >= 0.6 is 0 Å². The minimum Gasteiger partial charge on any atom is -0.198 e. The van der Waals surface area contributed by atoms with E-state index in [4.69, 9.17) is 5.26 Å². The number of hydrogen-bond donors (Lipinski definition) is 0. The molecule has 2 saturated carbocycles. The van der Waals surface area contributed by atoms with Crippen molar-refractivity contribution in [2.75, 3.05) is 0 Å². The maximum atomic E-state index is 9.00. The Hall–Kier alpha value is -0.770. The molecule has 0 aliphatic heterocycles. The Balaban J connectivity index is 1.63. The van der Waals surface area contributed by atoms with Gasteiger partial charge in [-0.3, -0.25) is 0 Å². The van der Waals surface area contributed by atoms with E-state index in [-0.39, 0.29) is 0 Å². The van der Waals surface area contributed by atoms with Crippen molar-refractivity contribution in [2.45, 2.75) is 84.0 Å². The molecule has 0 aromatic rings. The Labute approximate surface area is 131 Å². The molecule has 0 spiro atoms. The molecule has 2 fully saturated rings. The summed E-state index contributed by atoms with van der Waals surface area (Å²) in [5.41, 5.74) is 0. The van der Waals surface area contributed by atoms with Crippen LogP contribution in [-0.2, 0) is 0 Å². The van der Waals surface area contributed by atoms with Crippen LogP contribution in [0.2, 0.25) is 0 Å². The maximum Gasteiger partial charge on any atom is 0.0655 e. The van der Waals surface area contributed by atoms with Gasteiger partial charge in [0, 0.05) is 5.92 Å². The van der Waals surface area contributed by atoms with Crippen LogP contribution in [0.1, 0.15) is 84.0 Å². The van der Waals surface area contributed by atoms with Crippen LogP contribution in [0.25, 0.3) is 0 Å². The average Bonchev–Trinajstić information content (AvgIpc) is 2.55. The van der Waals surface area contributed by atoms with E-state index >= 15 is 0 Å². The van der Waals surface area contributed by atoms with Gasteiger partial charge in [-0.25, -0.2) is 0 Å². The van der Waals surface area contributed by atoms with E-state index in [0.29, 0.717) is 5.92 Å². The summed E-state index contributed by atoms with van der Waals surface area (Å²) in [7, 11) is 0. The molecule has 0 unspecified atom stereocenters. The summed E-state index contributed by atoms with van der Waals surface area (Å²) in [5, 5.41) is 9.00. The normalized spacial score (nSPS) is 33.9. The quantitative estimate of drug-likeness (QED) is 0.418. The van der Waals surface area contributed by atoms with E-state index in [1.165, 1.54) is 77.0 Å². The number of nitriles is 1. The minimum absolute atomic E-state index is 0.364. The highest BCUT2D eigenvalue weighted by molar-refractivity contribution is 4.93. The first-order chi connectivity index (χ1) is 10.3. The second-order valence-electron chi connectivity index (χ2n) is 7.34. The Morgan fingerprint density at radius 2 is 1.52 bits per heavy atom. The molecule has 0 heterocycles. The third-order valence-corrected chi connectivity index (χ3v) is 5.82. The van der Waals surface area contributed by atoms with Gasteiger partial charge in [0.1, 0.15) is 0 Å². The lowest BCUT2D eigenvalue weighted by molar-refractivity contribution is 0.168. The van der Waals surface area contributed by atoms with Crippen LogP contribution in [0, 0.1) is 35.0 Å². The van der Waals surface area contributed by atoms with Gasteiger partial charge in [-0.15, -0.1) is 0 Å². The zero-order chi connectivity index (χ0) is 14.9. The molecule has 0 N–H and O–H groups in total. The molecule has 2 aliphatic carbocycles. The lowest BCUT2D eigenvalue weighted by Crippen LogP contribution is -2.25. The number of nitrogens with zero attached hydrogens (tertiary/aromatic N) is 1. The van der Waals surface area contributed by atoms with Gasteiger partial charge in [0.25, 0.3) is 0 Å². The molecule has 2 aliphatic rings. The summed E-state index contributed by atoms with van der Waals surface area (Å²) >= 11 is 0. The number of unbranched alkanes of at least 4 members (excludes halogenated alkanes) is 3. The van der Waals surface area contributed by atoms with Crippen LogP contribution in [0.15, 0.2) is 12.2 Å². The molecule has 21 heavy (non-hydrogen) atoms. The summed E-state index contributed by atoms with van der Waals surface area (Å²) in [6.07, 6.45) is 21.0. The highest BCUT2D eigenvalue weighted by atomic mass is 14.4. The van der Waals surface area contributed by atoms with Gasteiger partial charge in [0.2, 0.25) is 0 Å². The van der Waals surface area contributed by atoms with Crippen molar-refractivity contribution in [3.8, 4) is 6.07 Å². The molecular weight excluding hydrogens is 254 g/mol. The number of rotatable bonds is 6. The van der Waals surface area contributed by atoms with E-state index < -0.39 is 0 Å². The van der Waals surface area contributed by atoms with Crippen molar-refractivity contribution in [1.82, 2.24) is 0 Å². The molecule has 0 atom stereocenters. The monoisotopic (exact) mass is 287 g/mol. The minimum atomic E-state index is 0.364. The van der Waals surface area contributed by atoms with E-state index in [1.54, 1.807) is 0 Å². The van der Waals surface area contributed by atoms with Crippen molar-refractivity contribution in [3.63, 3.8) is 0 Å². The maximum absolute atomic E-state index is 9.00. The fraction of sp³-hybridized carbons (Fsp3) is 0.850. The van der Waals surface area contributed by atoms with E-state index in [9.17, 15) is 0 Å². The third kappa shape index (κ3) is 5.50. The molecule has 0 saturated heterocycles. The highest BCUT2D eigenvalue weighted by Crippen LogP contribution is 2.41. The van der Waals surface area contributed by atoms with Crippen LogP contribution < -0.4 is 0 Å². The Kier molecular flexibility index (Phi) is 7.34. The van der Waals surface area contributed by atoms with Crippen LogP contribution in [0.4, 0.5) is 0 Å². The van der Waals surface area contributed by atoms with Gasteiger partial charge in [-0.05, 0) is 82.0 Å². The SMILES string of the molecule is CCCCC/C=C/C1CCC(C2CCC(C#N)CC2)CC1. The molecule has 2 rings (SSSR count). The largest absolute Gasteiger partial charge is 0.198 e. The van der Waals surface area contributed by atoms with E-state index in [2.05, 4.69) is 25.1 Å². The fourth-order valence-electron chi connectivity index (χ4n) is 4.33. The molecule has 118 valence electrons. The summed E-state index contributed by atoms with van der Waals surface area (Å²) in [6.45, 7) is 2.27. The van der Waals surface area contributed by atoms with Crippen molar-refractivity contribution in [1.29, 1.82) is 5.26 Å². The molecule has 1 heteroatoms. The Bertz CT molecular complexity index is 335. The molecule has 0 radical (unpaired) electrons. The zero-order valence-electron chi connectivity index (χ0n) is 13.9. The number of hydrogen-bond acceptors (Lipinski definition) is 1. The molecule has 0 bridgehead atoms. The second kappa shape index (κ2) is 9.29. The van der Waals surface area contributed by atoms with Gasteiger partial charge >= 0.3 is 0 Å². The summed E-state index contributed by atoms with van der Waals surface area (Å²) in [4.78, 5) is 0.